The molecule has 0 bridgehead atoms. The minimum absolute atomic E-state index is 0.00428. The number of nitro groups is 1. The number of hydrogen-bond acceptors (Lipinski definition) is 5. The third kappa shape index (κ3) is 4.90. The lowest BCUT2D eigenvalue weighted by atomic mass is 10.2. The quantitative estimate of drug-likeness (QED) is 0.545. The fourth-order valence-corrected chi connectivity index (χ4v) is 2.27. The molecule has 0 spiro atoms. The Bertz CT molecular complexity index is 467. The molecule has 0 atom stereocenters. The van der Waals surface area contributed by atoms with Crippen LogP contribution in [0.3, 0.4) is 0 Å². The fraction of sp³-hybridized carbons (Fsp3) is 0.600. The number of non-ortho nitro benzene ring substituents is 1. The first-order chi connectivity index (χ1) is 9.86. The number of ether oxygens (including phenoxy) is 2. The highest BCUT2D eigenvalue weighted by atomic mass is 16.6. The number of methoxy groups -OCH3 is 1. The SMILES string of the molecule is COc1ccc([N+](=O)[O-])cc1OCCN(C(C)C)C(C)C. The van der Waals surface area contributed by atoms with Crippen LogP contribution in [0.5, 0.6) is 11.5 Å². The Morgan fingerprint density at radius 2 is 1.81 bits per heavy atom. The summed E-state index contributed by atoms with van der Waals surface area (Å²) in [6.45, 7) is 9.73. The smallest absolute Gasteiger partial charge is 0.273 e. The molecule has 0 aliphatic heterocycles. The summed E-state index contributed by atoms with van der Waals surface area (Å²) in [5.74, 6) is 0.903. The molecule has 0 fully saturated rings. The van der Waals surface area contributed by atoms with Crippen LogP contribution in [0.15, 0.2) is 18.2 Å². The Morgan fingerprint density at radius 1 is 1.19 bits per heavy atom. The summed E-state index contributed by atoms with van der Waals surface area (Å²) in [6, 6.07) is 5.19. The van der Waals surface area contributed by atoms with Gasteiger partial charge in [0.15, 0.2) is 11.5 Å². The molecule has 0 amide bonds. The van der Waals surface area contributed by atoms with E-state index < -0.39 is 4.92 Å². The zero-order chi connectivity index (χ0) is 16.0. The van der Waals surface area contributed by atoms with Gasteiger partial charge < -0.3 is 9.47 Å². The predicted octanol–water partition coefficient (Wildman–Crippen LogP) is 3.10. The topological polar surface area (TPSA) is 64.8 Å². The van der Waals surface area contributed by atoms with E-state index in [2.05, 4.69) is 32.6 Å². The maximum atomic E-state index is 10.8. The van der Waals surface area contributed by atoms with Crippen LogP contribution >= 0.6 is 0 Å². The predicted molar refractivity (Wildman–Crippen MR) is 82.1 cm³/mol. The zero-order valence-electron chi connectivity index (χ0n) is 13.3. The molecule has 0 saturated carbocycles. The summed E-state index contributed by atoms with van der Waals surface area (Å²) in [7, 11) is 1.52. The second-order valence-corrected chi connectivity index (χ2v) is 5.37. The number of nitrogens with zero attached hydrogens (tertiary/aromatic N) is 2. The monoisotopic (exact) mass is 296 g/mol. The van der Waals surface area contributed by atoms with E-state index in [1.165, 1.54) is 19.2 Å². The minimum atomic E-state index is -0.444. The Kier molecular flexibility index (Phi) is 6.42. The van der Waals surface area contributed by atoms with Gasteiger partial charge in [-0.25, -0.2) is 0 Å². The molecule has 0 unspecified atom stereocenters. The van der Waals surface area contributed by atoms with Gasteiger partial charge in [0.25, 0.3) is 5.69 Å². The lowest BCUT2D eigenvalue weighted by molar-refractivity contribution is -0.385. The largest absolute Gasteiger partial charge is 0.493 e. The molecule has 1 aromatic rings. The van der Waals surface area contributed by atoms with Gasteiger partial charge in [-0.3, -0.25) is 15.0 Å². The van der Waals surface area contributed by atoms with Crippen LogP contribution in [0.1, 0.15) is 27.7 Å². The normalized spacial score (nSPS) is 11.2. The number of rotatable bonds is 8. The summed E-state index contributed by atoms with van der Waals surface area (Å²) >= 11 is 0. The summed E-state index contributed by atoms with van der Waals surface area (Å²) in [5.41, 5.74) is -0.00428. The van der Waals surface area contributed by atoms with Crippen molar-refractivity contribution in [2.24, 2.45) is 0 Å². The van der Waals surface area contributed by atoms with E-state index >= 15 is 0 Å². The van der Waals surface area contributed by atoms with Gasteiger partial charge in [-0.05, 0) is 33.8 Å². The first-order valence-electron chi connectivity index (χ1n) is 7.07. The Labute approximate surface area is 125 Å². The highest BCUT2D eigenvalue weighted by Gasteiger charge is 2.15. The average molecular weight is 296 g/mol. The van der Waals surface area contributed by atoms with E-state index in [-0.39, 0.29) is 5.69 Å². The highest BCUT2D eigenvalue weighted by molar-refractivity contribution is 5.48. The second kappa shape index (κ2) is 7.83. The van der Waals surface area contributed by atoms with Crippen molar-refractivity contribution in [3.63, 3.8) is 0 Å². The van der Waals surface area contributed by atoms with Crippen LogP contribution in [-0.4, -0.2) is 42.2 Å². The molecular formula is C15H24N2O4. The molecule has 0 radical (unpaired) electrons. The van der Waals surface area contributed by atoms with Gasteiger partial charge in [-0.1, -0.05) is 0 Å². The molecule has 1 rings (SSSR count). The summed E-state index contributed by atoms with van der Waals surface area (Å²) in [5, 5.41) is 10.8. The van der Waals surface area contributed by atoms with Crippen molar-refractivity contribution in [2.75, 3.05) is 20.3 Å². The molecular weight excluding hydrogens is 272 g/mol. The first-order valence-corrected chi connectivity index (χ1v) is 7.07. The average Bonchev–Trinajstić information content (AvgIpc) is 2.42. The zero-order valence-corrected chi connectivity index (χ0v) is 13.3. The third-order valence-electron chi connectivity index (χ3n) is 3.29. The van der Waals surface area contributed by atoms with Gasteiger partial charge in [-0.2, -0.15) is 0 Å². The molecule has 0 aliphatic rings. The maximum Gasteiger partial charge on any atom is 0.273 e. The van der Waals surface area contributed by atoms with Gasteiger partial charge in [0.1, 0.15) is 6.61 Å². The molecule has 0 aromatic heterocycles. The fourth-order valence-electron chi connectivity index (χ4n) is 2.27. The Balaban J connectivity index is 2.73. The van der Waals surface area contributed by atoms with Crippen molar-refractivity contribution < 1.29 is 14.4 Å². The van der Waals surface area contributed by atoms with Crippen LogP contribution in [0.4, 0.5) is 5.69 Å². The molecule has 118 valence electrons. The number of hydrogen-bond donors (Lipinski definition) is 0. The third-order valence-corrected chi connectivity index (χ3v) is 3.29. The van der Waals surface area contributed by atoms with Crippen LogP contribution in [-0.2, 0) is 0 Å². The Morgan fingerprint density at radius 3 is 2.29 bits per heavy atom. The standard InChI is InChI=1S/C15H24N2O4/c1-11(2)16(12(3)4)8-9-21-15-10-13(17(18)19)6-7-14(15)20-5/h6-7,10-12H,8-9H2,1-5H3. The van der Waals surface area contributed by atoms with Crippen molar-refractivity contribution in [3.8, 4) is 11.5 Å². The molecule has 0 aliphatic carbocycles. The van der Waals surface area contributed by atoms with Crippen LogP contribution in [0.25, 0.3) is 0 Å². The number of nitro benzene ring substituents is 1. The van der Waals surface area contributed by atoms with E-state index in [0.29, 0.717) is 30.2 Å². The molecule has 1 aromatic carbocycles. The number of benzene rings is 1. The lowest BCUT2D eigenvalue weighted by Gasteiger charge is -2.30. The summed E-state index contributed by atoms with van der Waals surface area (Å²) in [6.07, 6.45) is 0. The molecule has 0 N–H and O–H groups in total. The maximum absolute atomic E-state index is 10.8. The van der Waals surface area contributed by atoms with Crippen LogP contribution < -0.4 is 9.47 Å². The molecule has 6 nitrogen and oxygen atoms in total. The van der Waals surface area contributed by atoms with Gasteiger partial charge >= 0.3 is 0 Å². The van der Waals surface area contributed by atoms with Gasteiger partial charge in [-0.15, -0.1) is 0 Å². The molecule has 6 heteroatoms. The van der Waals surface area contributed by atoms with Crippen LogP contribution in [0.2, 0.25) is 0 Å². The van der Waals surface area contributed by atoms with Gasteiger partial charge in [0, 0.05) is 24.7 Å². The first kappa shape index (κ1) is 17.2. The highest BCUT2D eigenvalue weighted by Crippen LogP contribution is 2.31. The van der Waals surface area contributed by atoms with Gasteiger partial charge in [0.2, 0.25) is 0 Å². The Hall–Kier alpha value is -1.82. The molecule has 21 heavy (non-hydrogen) atoms. The van der Waals surface area contributed by atoms with E-state index in [1.54, 1.807) is 6.07 Å². The second-order valence-electron chi connectivity index (χ2n) is 5.37. The van der Waals surface area contributed by atoms with Crippen molar-refractivity contribution in [2.45, 2.75) is 39.8 Å². The minimum Gasteiger partial charge on any atom is -0.493 e. The van der Waals surface area contributed by atoms with Crippen molar-refractivity contribution in [3.05, 3.63) is 28.3 Å². The molecule has 0 heterocycles. The van der Waals surface area contributed by atoms with E-state index in [4.69, 9.17) is 9.47 Å². The van der Waals surface area contributed by atoms with E-state index in [1.807, 2.05) is 0 Å². The molecule has 0 saturated heterocycles. The van der Waals surface area contributed by atoms with Crippen LogP contribution in [0, 0.1) is 10.1 Å². The summed E-state index contributed by atoms with van der Waals surface area (Å²) < 4.78 is 10.8. The van der Waals surface area contributed by atoms with E-state index in [0.717, 1.165) is 6.54 Å². The van der Waals surface area contributed by atoms with Gasteiger partial charge in [0.05, 0.1) is 18.1 Å². The lowest BCUT2D eigenvalue weighted by Crippen LogP contribution is -2.39. The van der Waals surface area contributed by atoms with Crippen molar-refractivity contribution in [1.82, 2.24) is 4.90 Å². The van der Waals surface area contributed by atoms with E-state index in [9.17, 15) is 10.1 Å². The van der Waals surface area contributed by atoms with Crippen molar-refractivity contribution >= 4 is 5.69 Å². The van der Waals surface area contributed by atoms with Crippen molar-refractivity contribution in [1.29, 1.82) is 0 Å². The summed E-state index contributed by atoms with van der Waals surface area (Å²) in [4.78, 5) is 12.7.